The van der Waals surface area contributed by atoms with Crippen molar-refractivity contribution in [1.29, 1.82) is 0 Å². The molecule has 0 spiro atoms. The summed E-state index contributed by atoms with van der Waals surface area (Å²) in [7, 11) is 0. The molecule has 0 amide bonds. The second-order valence-electron chi connectivity index (χ2n) is 5.16. The Morgan fingerprint density at radius 2 is 1.87 bits per heavy atom. The van der Waals surface area contributed by atoms with Gasteiger partial charge in [-0.2, -0.15) is 0 Å². The standard InChI is InChI=1S/C15H24/c1-11(2)9-14-7-6-8-15(13(14)5)10-12(3)4/h9-11H,6-8H2,1-5H3/b14-9+. The van der Waals surface area contributed by atoms with E-state index in [0.717, 1.165) is 0 Å². The van der Waals surface area contributed by atoms with Gasteiger partial charge in [-0.15, -0.1) is 0 Å². The van der Waals surface area contributed by atoms with Gasteiger partial charge >= 0.3 is 0 Å². The smallest absolute Gasteiger partial charge is 0.0273 e. The summed E-state index contributed by atoms with van der Waals surface area (Å²) in [5.74, 6) is 0.668. The van der Waals surface area contributed by atoms with E-state index in [4.69, 9.17) is 0 Å². The molecule has 0 heteroatoms. The van der Waals surface area contributed by atoms with E-state index in [0.29, 0.717) is 5.92 Å². The van der Waals surface area contributed by atoms with Crippen LogP contribution < -0.4 is 0 Å². The van der Waals surface area contributed by atoms with Crippen molar-refractivity contribution in [2.45, 2.75) is 53.9 Å². The second kappa shape index (κ2) is 5.34. The molecule has 0 saturated heterocycles. The van der Waals surface area contributed by atoms with E-state index in [1.807, 2.05) is 0 Å². The van der Waals surface area contributed by atoms with Crippen molar-refractivity contribution in [3.63, 3.8) is 0 Å². The Balaban J connectivity index is 3.00. The Kier molecular flexibility index (Phi) is 4.38. The first-order valence-electron chi connectivity index (χ1n) is 6.06. The fourth-order valence-electron chi connectivity index (χ4n) is 2.19. The Bertz CT molecular complexity index is 307. The largest absolute Gasteiger partial charge is 0.0785 e. The van der Waals surface area contributed by atoms with Crippen LogP contribution in [0.2, 0.25) is 0 Å². The molecule has 0 bridgehead atoms. The van der Waals surface area contributed by atoms with Crippen LogP contribution in [0.1, 0.15) is 53.9 Å². The monoisotopic (exact) mass is 204 g/mol. The van der Waals surface area contributed by atoms with Gasteiger partial charge in [0, 0.05) is 0 Å². The minimum absolute atomic E-state index is 0.668. The number of allylic oxidation sites excluding steroid dienone is 6. The molecule has 15 heavy (non-hydrogen) atoms. The van der Waals surface area contributed by atoms with Gasteiger partial charge in [0.1, 0.15) is 0 Å². The molecule has 1 rings (SSSR count). The fourth-order valence-corrected chi connectivity index (χ4v) is 2.19. The van der Waals surface area contributed by atoms with E-state index in [2.05, 4.69) is 46.8 Å². The van der Waals surface area contributed by atoms with E-state index in [9.17, 15) is 0 Å². The molecule has 0 N–H and O–H groups in total. The number of rotatable bonds is 2. The molecule has 0 radical (unpaired) electrons. The van der Waals surface area contributed by atoms with Gasteiger partial charge in [-0.3, -0.25) is 0 Å². The highest BCUT2D eigenvalue weighted by molar-refractivity contribution is 5.42. The zero-order valence-electron chi connectivity index (χ0n) is 10.9. The molecule has 0 heterocycles. The molecule has 0 aromatic rings. The second-order valence-corrected chi connectivity index (χ2v) is 5.16. The van der Waals surface area contributed by atoms with E-state index < -0.39 is 0 Å². The van der Waals surface area contributed by atoms with E-state index >= 15 is 0 Å². The summed E-state index contributed by atoms with van der Waals surface area (Å²) >= 11 is 0. The van der Waals surface area contributed by atoms with Crippen molar-refractivity contribution in [2.24, 2.45) is 5.92 Å². The molecule has 0 aromatic heterocycles. The maximum Gasteiger partial charge on any atom is -0.0273 e. The lowest BCUT2D eigenvalue weighted by molar-refractivity contribution is 0.747. The van der Waals surface area contributed by atoms with Crippen molar-refractivity contribution in [1.82, 2.24) is 0 Å². The Morgan fingerprint density at radius 3 is 2.40 bits per heavy atom. The van der Waals surface area contributed by atoms with Crippen molar-refractivity contribution in [2.75, 3.05) is 0 Å². The number of hydrogen-bond acceptors (Lipinski definition) is 0. The summed E-state index contributed by atoms with van der Waals surface area (Å²) in [5.41, 5.74) is 6.06. The third kappa shape index (κ3) is 3.70. The SMILES string of the molecule is CC(C)=CC1=C(C)/C(=C/C(C)C)CCC1. The summed E-state index contributed by atoms with van der Waals surface area (Å²) in [6, 6.07) is 0. The first-order chi connectivity index (χ1) is 7.00. The van der Waals surface area contributed by atoms with Crippen molar-refractivity contribution in [3.8, 4) is 0 Å². The first-order valence-corrected chi connectivity index (χ1v) is 6.06. The zero-order valence-corrected chi connectivity index (χ0v) is 10.9. The highest BCUT2D eigenvalue weighted by atomic mass is 14.2. The van der Waals surface area contributed by atoms with Gasteiger partial charge in [0.15, 0.2) is 0 Å². The van der Waals surface area contributed by atoms with Gasteiger partial charge in [-0.05, 0) is 62.7 Å². The maximum absolute atomic E-state index is 2.42. The quantitative estimate of drug-likeness (QED) is 0.591. The molecule has 1 aliphatic carbocycles. The minimum Gasteiger partial charge on any atom is -0.0785 e. The lowest BCUT2D eigenvalue weighted by atomic mass is 9.86. The van der Waals surface area contributed by atoms with Crippen LogP contribution >= 0.6 is 0 Å². The molecule has 0 atom stereocenters. The van der Waals surface area contributed by atoms with E-state index in [1.54, 1.807) is 11.1 Å². The van der Waals surface area contributed by atoms with E-state index in [-0.39, 0.29) is 0 Å². The Hall–Kier alpha value is -0.780. The fraction of sp³-hybridized carbons (Fsp3) is 0.600. The van der Waals surface area contributed by atoms with Crippen LogP contribution in [0.3, 0.4) is 0 Å². The van der Waals surface area contributed by atoms with Crippen LogP contribution in [-0.2, 0) is 0 Å². The highest BCUT2D eigenvalue weighted by Gasteiger charge is 2.12. The molecule has 0 aliphatic heterocycles. The van der Waals surface area contributed by atoms with Crippen molar-refractivity contribution in [3.05, 3.63) is 34.4 Å². The molecule has 0 nitrogen and oxygen atoms in total. The summed E-state index contributed by atoms with van der Waals surface area (Å²) in [4.78, 5) is 0. The summed E-state index contributed by atoms with van der Waals surface area (Å²) < 4.78 is 0. The van der Waals surface area contributed by atoms with Crippen LogP contribution in [-0.4, -0.2) is 0 Å². The molecule has 0 fully saturated rings. The Morgan fingerprint density at radius 1 is 1.20 bits per heavy atom. The third-order valence-corrected chi connectivity index (χ3v) is 2.85. The number of hydrogen-bond donors (Lipinski definition) is 0. The predicted octanol–water partition coefficient (Wildman–Crippen LogP) is 5.04. The van der Waals surface area contributed by atoms with Crippen LogP contribution in [0.15, 0.2) is 34.4 Å². The predicted molar refractivity (Wildman–Crippen MR) is 68.9 cm³/mol. The minimum atomic E-state index is 0.668. The van der Waals surface area contributed by atoms with Gasteiger partial charge in [-0.1, -0.05) is 31.6 Å². The first kappa shape index (κ1) is 12.3. The Labute approximate surface area is 94.8 Å². The highest BCUT2D eigenvalue weighted by Crippen LogP contribution is 2.31. The molecule has 0 aromatic carbocycles. The molecular formula is C15H24. The van der Waals surface area contributed by atoms with Crippen LogP contribution in [0.5, 0.6) is 0 Å². The summed E-state index contributed by atoms with van der Waals surface area (Å²) in [6.07, 6.45) is 8.61. The normalized spacial score (nSPS) is 20.0. The lowest BCUT2D eigenvalue weighted by Gasteiger charge is -2.20. The molecule has 1 aliphatic rings. The summed E-state index contributed by atoms with van der Waals surface area (Å²) in [5, 5.41) is 0. The topological polar surface area (TPSA) is 0 Å². The van der Waals surface area contributed by atoms with Crippen LogP contribution in [0.4, 0.5) is 0 Å². The zero-order chi connectivity index (χ0) is 11.4. The maximum atomic E-state index is 2.42. The van der Waals surface area contributed by atoms with Gasteiger partial charge in [-0.25, -0.2) is 0 Å². The molecule has 0 unspecified atom stereocenters. The molecule has 84 valence electrons. The lowest BCUT2D eigenvalue weighted by Crippen LogP contribution is -2.01. The van der Waals surface area contributed by atoms with Crippen LogP contribution in [0.25, 0.3) is 0 Å². The van der Waals surface area contributed by atoms with Crippen molar-refractivity contribution >= 4 is 0 Å². The van der Waals surface area contributed by atoms with Crippen molar-refractivity contribution < 1.29 is 0 Å². The van der Waals surface area contributed by atoms with Gasteiger partial charge in [0.2, 0.25) is 0 Å². The molecular weight excluding hydrogens is 180 g/mol. The van der Waals surface area contributed by atoms with Crippen LogP contribution in [0, 0.1) is 5.92 Å². The molecule has 0 saturated carbocycles. The summed E-state index contributed by atoms with van der Waals surface area (Å²) in [6.45, 7) is 11.2. The van der Waals surface area contributed by atoms with Gasteiger partial charge in [0.25, 0.3) is 0 Å². The third-order valence-electron chi connectivity index (χ3n) is 2.85. The van der Waals surface area contributed by atoms with E-state index in [1.165, 1.54) is 30.4 Å². The average Bonchev–Trinajstić information content (AvgIpc) is 2.10. The average molecular weight is 204 g/mol. The van der Waals surface area contributed by atoms with Gasteiger partial charge < -0.3 is 0 Å². The van der Waals surface area contributed by atoms with Gasteiger partial charge in [0.05, 0.1) is 0 Å².